The van der Waals surface area contributed by atoms with Gasteiger partial charge in [0.15, 0.2) is 0 Å². The standard InChI is InChI=1S/C27H34N4O5/c1-4-35-21-11-9-19(10-12-21)25-24(26(32)36-5-2)23(28-27(33)29-25)18-30-13-15-31(16-14-30)20-7-6-8-22(17-20)34-3/h6-12,17,25H,4-5,13-16,18H2,1-3H3,(H2,28,29,33)/t25-/m0/s1. The molecule has 192 valence electrons. The Labute approximate surface area is 212 Å². The number of nitrogens with one attached hydrogen (secondary N) is 2. The van der Waals surface area contributed by atoms with E-state index in [0.717, 1.165) is 48.9 Å². The Morgan fingerprint density at radius 3 is 2.42 bits per heavy atom. The molecule has 2 amide bonds. The lowest BCUT2D eigenvalue weighted by Gasteiger charge is -2.38. The van der Waals surface area contributed by atoms with Crippen LogP contribution in [0.3, 0.4) is 0 Å². The molecule has 36 heavy (non-hydrogen) atoms. The summed E-state index contributed by atoms with van der Waals surface area (Å²) in [6.45, 7) is 8.17. The average Bonchev–Trinajstić information content (AvgIpc) is 2.89. The number of piperazine rings is 1. The van der Waals surface area contributed by atoms with E-state index in [1.165, 1.54) is 0 Å². The summed E-state index contributed by atoms with van der Waals surface area (Å²) in [7, 11) is 1.67. The predicted molar refractivity (Wildman–Crippen MR) is 137 cm³/mol. The molecule has 2 heterocycles. The summed E-state index contributed by atoms with van der Waals surface area (Å²) < 4.78 is 16.3. The van der Waals surface area contributed by atoms with Gasteiger partial charge < -0.3 is 29.7 Å². The number of urea groups is 1. The van der Waals surface area contributed by atoms with Crippen LogP contribution in [0.25, 0.3) is 0 Å². The molecule has 2 aliphatic heterocycles. The Hall–Kier alpha value is -3.72. The summed E-state index contributed by atoms with van der Waals surface area (Å²) in [4.78, 5) is 30.2. The Morgan fingerprint density at radius 1 is 1.00 bits per heavy atom. The molecule has 9 heteroatoms. The number of nitrogens with zero attached hydrogens (tertiary/aromatic N) is 2. The van der Waals surface area contributed by atoms with Gasteiger partial charge in [0.2, 0.25) is 0 Å². The van der Waals surface area contributed by atoms with Crippen molar-refractivity contribution >= 4 is 17.7 Å². The first-order valence-electron chi connectivity index (χ1n) is 12.3. The van der Waals surface area contributed by atoms with Crippen LogP contribution in [0, 0.1) is 0 Å². The molecule has 1 atom stereocenters. The van der Waals surface area contributed by atoms with E-state index in [2.05, 4.69) is 26.5 Å². The maximum Gasteiger partial charge on any atom is 0.338 e. The molecule has 1 saturated heterocycles. The fourth-order valence-electron chi connectivity index (χ4n) is 4.56. The number of esters is 1. The third-order valence-corrected chi connectivity index (χ3v) is 6.35. The topological polar surface area (TPSA) is 92.4 Å². The quantitative estimate of drug-likeness (QED) is 0.518. The lowest BCUT2D eigenvalue weighted by Crippen LogP contribution is -2.51. The summed E-state index contributed by atoms with van der Waals surface area (Å²) in [6, 6.07) is 14.5. The van der Waals surface area contributed by atoms with Gasteiger partial charge in [-0.15, -0.1) is 0 Å². The van der Waals surface area contributed by atoms with Gasteiger partial charge in [0.05, 0.1) is 31.9 Å². The van der Waals surface area contributed by atoms with Gasteiger partial charge in [-0.1, -0.05) is 18.2 Å². The zero-order valence-electron chi connectivity index (χ0n) is 21.1. The van der Waals surface area contributed by atoms with Gasteiger partial charge in [0, 0.05) is 50.2 Å². The fraction of sp³-hybridized carbons (Fsp3) is 0.407. The van der Waals surface area contributed by atoms with E-state index >= 15 is 0 Å². The largest absolute Gasteiger partial charge is 0.497 e. The minimum atomic E-state index is -0.610. The van der Waals surface area contributed by atoms with Crippen LogP contribution in [0.1, 0.15) is 25.5 Å². The molecular formula is C27H34N4O5. The van der Waals surface area contributed by atoms with Crippen molar-refractivity contribution in [1.82, 2.24) is 15.5 Å². The second-order valence-electron chi connectivity index (χ2n) is 8.61. The van der Waals surface area contributed by atoms with Crippen LogP contribution in [-0.2, 0) is 9.53 Å². The molecule has 0 unspecified atom stereocenters. The van der Waals surface area contributed by atoms with Gasteiger partial charge >= 0.3 is 12.0 Å². The molecule has 4 rings (SSSR count). The Bertz CT molecular complexity index is 1090. The number of carbonyl (C=O) groups excluding carboxylic acids is 2. The minimum Gasteiger partial charge on any atom is -0.497 e. The maximum absolute atomic E-state index is 13.1. The first kappa shape index (κ1) is 25.4. The molecule has 2 aromatic rings. The van der Waals surface area contributed by atoms with Crippen molar-refractivity contribution in [2.75, 3.05) is 57.9 Å². The highest BCUT2D eigenvalue weighted by atomic mass is 16.5. The van der Waals surface area contributed by atoms with Gasteiger partial charge in [0.25, 0.3) is 0 Å². The van der Waals surface area contributed by atoms with Crippen molar-refractivity contribution in [3.05, 3.63) is 65.4 Å². The molecule has 0 bridgehead atoms. The van der Waals surface area contributed by atoms with E-state index in [0.29, 0.717) is 24.4 Å². The number of methoxy groups -OCH3 is 1. The summed E-state index contributed by atoms with van der Waals surface area (Å²) in [5, 5.41) is 5.77. The molecule has 0 radical (unpaired) electrons. The Kier molecular flexibility index (Phi) is 8.32. The lowest BCUT2D eigenvalue weighted by molar-refractivity contribution is -0.139. The summed E-state index contributed by atoms with van der Waals surface area (Å²) in [5.41, 5.74) is 2.91. The molecule has 2 aromatic carbocycles. The van der Waals surface area contributed by atoms with Crippen LogP contribution in [0.5, 0.6) is 11.5 Å². The number of hydrogen-bond donors (Lipinski definition) is 2. The molecular weight excluding hydrogens is 460 g/mol. The summed E-state index contributed by atoms with van der Waals surface area (Å²) >= 11 is 0. The van der Waals surface area contributed by atoms with Crippen molar-refractivity contribution in [2.45, 2.75) is 19.9 Å². The second kappa shape index (κ2) is 11.8. The number of benzene rings is 2. The van der Waals surface area contributed by atoms with E-state index in [4.69, 9.17) is 14.2 Å². The van der Waals surface area contributed by atoms with Crippen LogP contribution >= 0.6 is 0 Å². The third kappa shape index (κ3) is 5.91. The van der Waals surface area contributed by atoms with Crippen molar-refractivity contribution in [2.24, 2.45) is 0 Å². The van der Waals surface area contributed by atoms with Crippen molar-refractivity contribution < 1.29 is 23.8 Å². The van der Waals surface area contributed by atoms with E-state index in [9.17, 15) is 9.59 Å². The highest BCUT2D eigenvalue weighted by Crippen LogP contribution is 2.30. The molecule has 1 fully saturated rings. The fourth-order valence-corrected chi connectivity index (χ4v) is 4.56. The molecule has 2 N–H and O–H groups in total. The average molecular weight is 495 g/mol. The monoisotopic (exact) mass is 494 g/mol. The zero-order valence-corrected chi connectivity index (χ0v) is 21.1. The van der Waals surface area contributed by atoms with Gasteiger partial charge in [0.1, 0.15) is 11.5 Å². The molecule has 9 nitrogen and oxygen atoms in total. The van der Waals surface area contributed by atoms with Crippen molar-refractivity contribution in [3.63, 3.8) is 0 Å². The van der Waals surface area contributed by atoms with Crippen LogP contribution in [0.4, 0.5) is 10.5 Å². The molecule has 0 aromatic heterocycles. The highest BCUT2D eigenvalue weighted by Gasteiger charge is 2.34. The SMILES string of the molecule is CCOC(=O)C1=C(CN2CCN(c3cccc(OC)c3)CC2)NC(=O)N[C@H]1c1ccc(OCC)cc1. The van der Waals surface area contributed by atoms with E-state index < -0.39 is 12.0 Å². The number of anilines is 1. The summed E-state index contributed by atoms with van der Waals surface area (Å²) in [6.07, 6.45) is 0. The number of hydrogen-bond acceptors (Lipinski definition) is 7. The van der Waals surface area contributed by atoms with Gasteiger partial charge in [-0.05, 0) is 43.7 Å². The second-order valence-corrected chi connectivity index (χ2v) is 8.61. The van der Waals surface area contributed by atoms with E-state index in [-0.39, 0.29) is 12.6 Å². The van der Waals surface area contributed by atoms with E-state index in [1.54, 1.807) is 14.0 Å². The summed E-state index contributed by atoms with van der Waals surface area (Å²) in [5.74, 6) is 1.13. The third-order valence-electron chi connectivity index (χ3n) is 6.35. The van der Waals surface area contributed by atoms with Gasteiger partial charge in [-0.2, -0.15) is 0 Å². The Morgan fingerprint density at radius 2 is 1.75 bits per heavy atom. The van der Waals surface area contributed by atoms with Crippen LogP contribution in [-0.4, -0.2) is 69.9 Å². The maximum atomic E-state index is 13.1. The lowest BCUT2D eigenvalue weighted by atomic mass is 9.94. The number of carbonyl (C=O) groups is 2. The minimum absolute atomic E-state index is 0.249. The smallest absolute Gasteiger partial charge is 0.338 e. The Balaban J connectivity index is 1.53. The van der Waals surface area contributed by atoms with E-state index in [1.807, 2.05) is 49.4 Å². The number of ether oxygens (including phenoxy) is 3. The number of amides is 2. The predicted octanol–water partition coefficient (Wildman–Crippen LogP) is 3.09. The first-order valence-corrected chi connectivity index (χ1v) is 12.3. The first-order chi connectivity index (χ1) is 17.5. The molecule has 0 aliphatic carbocycles. The van der Waals surface area contributed by atoms with Crippen molar-refractivity contribution in [3.8, 4) is 11.5 Å². The van der Waals surface area contributed by atoms with Crippen molar-refractivity contribution in [1.29, 1.82) is 0 Å². The molecule has 0 spiro atoms. The van der Waals surface area contributed by atoms with Gasteiger partial charge in [-0.3, -0.25) is 4.90 Å². The highest BCUT2D eigenvalue weighted by molar-refractivity contribution is 5.95. The molecule has 0 saturated carbocycles. The van der Waals surface area contributed by atoms with Crippen LogP contribution < -0.4 is 25.0 Å². The van der Waals surface area contributed by atoms with Crippen LogP contribution in [0.15, 0.2) is 59.8 Å². The van der Waals surface area contributed by atoms with Crippen LogP contribution in [0.2, 0.25) is 0 Å². The zero-order chi connectivity index (χ0) is 25.5. The normalized spacial score (nSPS) is 18.4. The molecule has 2 aliphatic rings. The van der Waals surface area contributed by atoms with Gasteiger partial charge in [-0.25, -0.2) is 9.59 Å². The number of rotatable bonds is 9.